The van der Waals surface area contributed by atoms with Crippen molar-refractivity contribution in [3.63, 3.8) is 0 Å². The molecule has 6 nitrogen and oxygen atoms in total. The zero-order valence-electron chi connectivity index (χ0n) is 17.9. The van der Waals surface area contributed by atoms with Gasteiger partial charge in [-0.25, -0.2) is 9.59 Å². The second-order valence-corrected chi connectivity index (χ2v) is 8.12. The number of nitrogens with one attached hydrogen (secondary N) is 1. The van der Waals surface area contributed by atoms with Crippen molar-refractivity contribution in [1.29, 1.82) is 0 Å². The van der Waals surface area contributed by atoms with Crippen molar-refractivity contribution in [3.8, 4) is 0 Å². The molecular weight excluding hydrogens is 382 g/mol. The summed E-state index contributed by atoms with van der Waals surface area (Å²) in [6, 6.07) is 15.5. The Morgan fingerprint density at radius 2 is 1.60 bits per heavy atom. The number of carbonyl (C=O) groups is 3. The fourth-order valence-corrected chi connectivity index (χ4v) is 2.69. The minimum absolute atomic E-state index is 0.0794. The lowest BCUT2D eigenvalue weighted by Gasteiger charge is -2.24. The molecule has 160 valence electrons. The number of hydrogen-bond acceptors (Lipinski definition) is 5. The molecule has 0 spiro atoms. The van der Waals surface area contributed by atoms with Crippen molar-refractivity contribution in [2.75, 3.05) is 0 Å². The van der Waals surface area contributed by atoms with Crippen molar-refractivity contribution in [2.45, 2.75) is 58.8 Å². The molecule has 0 radical (unpaired) electrons. The Morgan fingerprint density at radius 1 is 0.967 bits per heavy atom. The van der Waals surface area contributed by atoms with E-state index in [0.717, 1.165) is 11.1 Å². The Balaban J connectivity index is 1.98. The zero-order valence-corrected chi connectivity index (χ0v) is 17.9. The Kier molecular flexibility index (Phi) is 8.16. The number of rotatable bonds is 8. The minimum atomic E-state index is -0.984. The van der Waals surface area contributed by atoms with Crippen molar-refractivity contribution < 1.29 is 23.9 Å². The normalized spacial score (nSPS) is 12.0. The molecule has 1 amide bonds. The van der Waals surface area contributed by atoms with Crippen molar-refractivity contribution >= 4 is 17.8 Å². The van der Waals surface area contributed by atoms with Crippen molar-refractivity contribution in [1.82, 2.24) is 5.32 Å². The lowest BCUT2D eigenvalue weighted by molar-refractivity contribution is -0.157. The molecule has 2 aromatic carbocycles. The highest BCUT2D eigenvalue weighted by Crippen LogP contribution is 2.14. The summed E-state index contributed by atoms with van der Waals surface area (Å²) in [4.78, 5) is 37.3. The van der Waals surface area contributed by atoms with Crippen LogP contribution in [0.15, 0.2) is 54.6 Å². The molecule has 0 bridgehead atoms. The standard InChI is InChI=1S/C24H29NO5/c1-17-10-12-19(13-11-17)21(26)15-14-20(22(27)30-24(2,3)4)25-23(28)29-16-18-8-6-5-7-9-18/h5-13,20H,14-16H2,1-4H3,(H,25,28). The van der Waals surface area contributed by atoms with Gasteiger partial charge in [0.1, 0.15) is 18.2 Å². The molecule has 1 N–H and O–H groups in total. The molecule has 6 heteroatoms. The molecule has 0 saturated heterocycles. The van der Waals surface area contributed by atoms with Gasteiger partial charge >= 0.3 is 12.1 Å². The first-order valence-corrected chi connectivity index (χ1v) is 9.94. The van der Waals surface area contributed by atoms with Gasteiger partial charge in [-0.3, -0.25) is 4.79 Å². The van der Waals surface area contributed by atoms with Gasteiger partial charge in [-0.1, -0.05) is 60.2 Å². The van der Waals surface area contributed by atoms with Crippen LogP contribution in [0.2, 0.25) is 0 Å². The summed E-state index contributed by atoms with van der Waals surface area (Å²) >= 11 is 0. The number of carbonyl (C=O) groups excluding carboxylic acids is 3. The number of hydrogen-bond donors (Lipinski definition) is 1. The van der Waals surface area contributed by atoms with Gasteiger partial charge in [0.25, 0.3) is 0 Å². The summed E-state index contributed by atoms with van der Waals surface area (Å²) in [6.45, 7) is 7.25. The summed E-state index contributed by atoms with van der Waals surface area (Å²) in [7, 11) is 0. The number of Topliss-reactive ketones (excluding diaryl/α,β-unsaturated/α-hetero) is 1. The van der Waals surface area contributed by atoms with Crippen LogP contribution >= 0.6 is 0 Å². The third-order valence-corrected chi connectivity index (χ3v) is 4.23. The van der Waals surface area contributed by atoms with Crippen molar-refractivity contribution in [3.05, 3.63) is 71.3 Å². The number of ketones is 1. The second-order valence-electron chi connectivity index (χ2n) is 8.12. The van der Waals surface area contributed by atoms with Crippen LogP contribution in [-0.2, 0) is 20.9 Å². The van der Waals surface area contributed by atoms with Crippen molar-refractivity contribution in [2.24, 2.45) is 0 Å². The fraction of sp³-hybridized carbons (Fsp3) is 0.375. The zero-order chi connectivity index (χ0) is 22.1. The lowest BCUT2D eigenvalue weighted by atomic mass is 10.0. The Hall–Kier alpha value is -3.15. The predicted molar refractivity (Wildman–Crippen MR) is 114 cm³/mol. The first kappa shape index (κ1) is 23.1. The van der Waals surface area contributed by atoms with Gasteiger partial charge < -0.3 is 14.8 Å². The Bertz CT molecular complexity index is 853. The van der Waals surface area contributed by atoms with Crippen LogP contribution in [0.1, 0.15) is 55.1 Å². The molecule has 1 atom stereocenters. The second kappa shape index (κ2) is 10.6. The molecule has 0 aliphatic carbocycles. The number of alkyl carbamates (subject to hydrolysis) is 1. The molecule has 0 fully saturated rings. The molecule has 1 unspecified atom stereocenters. The van der Waals surface area contributed by atoms with Crippen LogP contribution in [0, 0.1) is 6.92 Å². The predicted octanol–water partition coefficient (Wildman–Crippen LogP) is 4.59. The summed E-state index contributed by atoms with van der Waals surface area (Å²) < 4.78 is 10.6. The van der Waals surface area contributed by atoms with Crippen LogP contribution in [0.25, 0.3) is 0 Å². The average Bonchev–Trinajstić information content (AvgIpc) is 2.69. The maximum absolute atomic E-state index is 12.6. The van der Waals surface area contributed by atoms with E-state index in [0.29, 0.717) is 5.56 Å². The van der Waals surface area contributed by atoms with Gasteiger partial charge in [0, 0.05) is 12.0 Å². The van der Waals surface area contributed by atoms with E-state index in [-0.39, 0.29) is 25.2 Å². The van der Waals surface area contributed by atoms with Crippen LogP contribution in [0.3, 0.4) is 0 Å². The van der Waals surface area contributed by atoms with Gasteiger partial charge in [-0.2, -0.15) is 0 Å². The van der Waals surface area contributed by atoms with E-state index in [9.17, 15) is 14.4 Å². The summed E-state index contributed by atoms with van der Waals surface area (Å²) in [6.07, 6.45) is -0.536. The first-order chi connectivity index (χ1) is 14.1. The molecule has 30 heavy (non-hydrogen) atoms. The van der Waals surface area contributed by atoms with Gasteiger partial charge in [0.2, 0.25) is 0 Å². The van der Waals surface area contributed by atoms with E-state index < -0.39 is 23.7 Å². The molecule has 0 heterocycles. The summed E-state index contributed by atoms with van der Waals surface area (Å²) in [5.41, 5.74) is 1.73. The highest BCUT2D eigenvalue weighted by Gasteiger charge is 2.28. The first-order valence-electron chi connectivity index (χ1n) is 9.94. The molecule has 2 aromatic rings. The number of benzene rings is 2. The lowest BCUT2D eigenvalue weighted by Crippen LogP contribution is -2.44. The van der Waals surface area contributed by atoms with E-state index in [1.165, 1.54) is 0 Å². The SMILES string of the molecule is Cc1ccc(C(=O)CCC(NC(=O)OCc2ccccc2)C(=O)OC(C)(C)C)cc1. The Labute approximate surface area is 177 Å². The van der Waals surface area contributed by atoms with Crippen LogP contribution in [-0.4, -0.2) is 29.5 Å². The van der Waals surface area contributed by atoms with Gasteiger partial charge in [0.15, 0.2) is 5.78 Å². The third-order valence-electron chi connectivity index (χ3n) is 4.23. The van der Waals surface area contributed by atoms with E-state index in [4.69, 9.17) is 9.47 Å². The largest absolute Gasteiger partial charge is 0.458 e. The average molecular weight is 411 g/mol. The minimum Gasteiger partial charge on any atom is -0.458 e. The molecule has 0 aliphatic heterocycles. The number of amides is 1. The van der Waals surface area contributed by atoms with Gasteiger partial charge in [-0.05, 0) is 39.7 Å². The van der Waals surface area contributed by atoms with Gasteiger partial charge in [0.05, 0.1) is 0 Å². The smallest absolute Gasteiger partial charge is 0.408 e. The molecule has 0 aliphatic rings. The van der Waals surface area contributed by atoms with Crippen LogP contribution < -0.4 is 5.32 Å². The fourth-order valence-electron chi connectivity index (χ4n) is 2.69. The molecule has 0 aromatic heterocycles. The third kappa shape index (κ3) is 8.07. The van der Waals surface area contributed by atoms with E-state index in [1.54, 1.807) is 32.9 Å². The highest BCUT2D eigenvalue weighted by molar-refractivity contribution is 5.96. The van der Waals surface area contributed by atoms with E-state index in [2.05, 4.69) is 5.32 Å². The topological polar surface area (TPSA) is 81.7 Å². The van der Waals surface area contributed by atoms with Crippen LogP contribution in [0.5, 0.6) is 0 Å². The highest BCUT2D eigenvalue weighted by atomic mass is 16.6. The molecular formula is C24H29NO5. The maximum Gasteiger partial charge on any atom is 0.408 e. The Morgan fingerprint density at radius 3 is 2.20 bits per heavy atom. The van der Waals surface area contributed by atoms with Gasteiger partial charge in [-0.15, -0.1) is 0 Å². The van der Waals surface area contributed by atoms with Crippen LogP contribution in [0.4, 0.5) is 4.79 Å². The van der Waals surface area contributed by atoms with E-state index in [1.807, 2.05) is 49.4 Å². The maximum atomic E-state index is 12.6. The molecule has 0 saturated carbocycles. The quantitative estimate of drug-likeness (QED) is 0.507. The number of esters is 1. The number of ether oxygens (including phenoxy) is 2. The number of aryl methyl sites for hydroxylation is 1. The van der Waals surface area contributed by atoms with E-state index >= 15 is 0 Å². The summed E-state index contributed by atoms with van der Waals surface area (Å²) in [5, 5.41) is 2.54. The molecule has 2 rings (SSSR count). The monoisotopic (exact) mass is 411 g/mol. The summed E-state index contributed by atoms with van der Waals surface area (Å²) in [5.74, 6) is -0.709.